The van der Waals surface area contributed by atoms with Crippen molar-refractivity contribution in [3.05, 3.63) is 35.5 Å². The third-order valence-electron chi connectivity index (χ3n) is 4.78. The molecule has 1 aromatic carbocycles. The van der Waals surface area contributed by atoms with E-state index in [-0.39, 0.29) is 6.61 Å². The maximum Gasteiger partial charge on any atom is 0.341 e. The zero-order valence-electron chi connectivity index (χ0n) is 16.2. The van der Waals surface area contributed by atoms with Gasteiger partial charge in [-0.05, 0) is 13.0 Å². The van der Waals surface area contributed by atoms with E-state index in [1.807, 2.05) is 6.07 Å². The summed E-state index contributed by atoms with van der Waals surface area (Å²) in [6, 6.07) is 5.25. The van der Waals surface area contributed by atoms with Crippen molar-refractivity contribution in [2.45, 2.75) is 6.92 Å². The van der Waals surface area contributed by atoms with Crippen LogP contribution in [0.4, 0.5) is 5.69 Å². The highest BCUT2D eigenvalue weighted by Crippen LogP contribution is 2.29. The number of aromatic nitrogens is 1. The molecule has 0 amide bonds. The lowest BCUT2D eigenvalue weighted by Crippen LogP contribution is -3.14. The van der Waals surface area contributed by atoms with Gasteiger partial charge in [0.05, 0.1) is 56.8 Å². The van der Waals surface area contributed by atoms with Gasteiger partial charge < -0.3 is 24.4 Å². The molecule has 1 fully saturated rings. The molecule has 0 bridgehead atoms. The van der Waals surface area contributed by atoms with Crippen molar-refractivity contribution in [2.24, 2.45) is 0 Å². The van der Waals surface area contributed by atoms with Gasteiger partial charge in [-0.3, -0.25) is 4.98 Å². The molecular formula is C20H26N3O5+. The summed E-state index contributed by atoms with van der Waals surface area (Å²) in [5, 5.41) is 4.06. The van der Waals surface area contributed by atoms with Gasteiger partial charge >= 0.3 is 11.9 Å². The molecule has 1 saturated heterocycles. The van der Waals surface area contributed by atoms with Crippen molar-refractivity contribution in [2.75, 3.05) is 58.4 Å². The van der Waals surface area contributed by atoms with E-state index in [0.29, 0.717) is 34.3 Å². The van der Waals surface area contributed by atoms with Gasteiger partial charge in [0.25, 0.3) is 0 Å². The largest absolute Gasteiger partial charge is 0.465 e. The van der Waals surface area contributed by atoms with E-state index in [0.717, 1.165) is 32.8 Å². The first-order chi connectivity index (χ1) is 13.7. The number of carbonyl (C=O) groups excluding carboxylic acids is 2. The van der Waals surface area contributed by atoms with E-state index < -0.39 is 11.9 Å². The number of fused-ring (bicyclic) bond motifs is 1. The number of methoxy groups -OCH3 is 1. The summed E-state index contributed by atoms with van der Waals surface area (Å²) in [5.74, 6) is -0.910. The fourth-order valence-corrected chi connectivity index (χ4v) is 3.33. The molecule has 1 aliphatic heterocycles. The standard InChI is InChI=1S/C20H25N3O5/c1-3-28-20(25)16-13-22-17-14(5-4-6-15(17)19(24)26-2)18(16)21-7-8-23-9-11-27-12-10-23/h4-6,13H,3,7-12H2,1-2H3,(H,21,22)/p+1. The summed E-state index contributed by atoms with van der Waals surface area (Å²) in [6.45, 7) is 7.07. The Balaban J connectivity index is 1.93. The molecule has 0 saturated carbocycles. The van der Waals surface area contributed by atoms with E-state index >= 15 is 0 Å². The van der Waals surface area contributed by atoms with Crippen LogP contribution in [-0.2, 0) is 14.2 Å². The second-order valence-corrected chi connectivity index (χ2v) is 6.50. The van der Waals surface area contributed by atoms with Gasteiger partial charge in [0.2, 0.25) is 0 Å². The summed E-state index contributed by atoms with van der Waals surface area (Å²) >= 11 is 0. The SMILES string of the molecule is CCOC(=O)c1cnc2c(C(=O)OC)cccc2c1NCC[NH+]1CCOCC1. The Kier molecular flexibility index (Phi) is 6.78. The number of nitrogens with one attached hydrogen (secondary N) is 2. The monoisotopic (exact) mass is 388 g/mol. The van der Waals surface area contributed by atoms with E-state index in [4.69, 9.17) is 14.2 Å². The third kappa shape index (κ3) is 4.40. The Hall–Kier alpha value is -2.71. The summed E-state index contributed by atoms with van der Waals surface area (Å²) in [6.07, 6.45) is 1.46. The number of anilines is 1. The zero-order valence-corrected chi connectivity index (χ0v) is 16.2. The number of morpholine rings is 1. The number of rotatable bonds is 7. The highest BCUT2D eigenvalue weighted by Gasteiger charge is 2.21. The van der Waals surface area contributed by atoms with Crippen LogP contribution in [0.25, 0.3) is 10.9 Å². The predicted octanol–water partition coefficient (Wildman–Crippen LogP) is 0.525. The number of hydrogen-bond donors (Lipinski definition) is 2. The maximum absolute atomic E-state index is 12.4. The first kappa shape index (κ1) is 20.0. The number of benzene rings is 1. The average Bonchev–Trinajstić information content (AvgIpc) is 2.73. The molecule has 8 heteroatoms. The van der Waals surface area contributed by atoms with Crippen LogP contribution in [0.5, 0.6) is 0 Å². The van der Waals surface area contributed by atoms with Crippen molar-refractivity contribution >= 4 is 28.5 Å². The van der Waals surface area contributed by atoms with Gasteiger partial charge in [-0.25, -0.2) is 9.59 Å². The highest BCUT2D eigenvalue weighted by molar-refractivity contribution is 6.10. The molecule has 1 aliphatic rings. The molecule has 2 N–H and O–H groups in total. The molecule has 0 unspecified atom stereocenters. The van der Waals surface area contributed by atoms with Crippen LogP contribution < -0.4 is 10.2 Å². The normalized spacial score (nSPS) is 14.6. The van der Waals surface area contributed by atoms with Gasteiger partial charge in [-0.2, -0.15) is 0 Å². The van der Waals surface area contributed by atoms with E-state index in [1.165, 1.54) is 18.2 Å². The van der Waals surface area contributed by atoms with Crippen molar-refractivity contribution < 1.29 is 28.7 Å². The highest BCUT2D eigenvalue weighted by atomic mass is 16.5. The number of hydrogen-bond acceptors (Lipinski definition) is 7. The van der Waals surface area contributed by atoms with Crippen LogP contribution in [0, 0.1) is 0 Å². The molecule has 0 aliphatic carbocycles. The predicted molar refractivity (Wildman–Crippen MR) is 104 cm³/mol. The Bertz CT molecular complexity index is 849. The summed E-state index contributed by atoms with van der Waals surface area (Å²) in [7, 11) is 1.33. The van der Waals surface area contributed by atoms with Crippen molar-refractivity contribution in [3.63, 3.8) is 0 Å². The zero-order chi connectivity index (χ0) is 19.9. The molecule has 0 atom stereocenters. The minimum atomic E-state index is -0.467. The first-order valence-corrected chi connectivity index (χ1v) is 9.48. The van der Waals surface area contributed by atoms with E-state index in [9.17, 15) is 9.59 Å². The van der Waals surface area contributed by atoms with Gasteiger partial charge in [0.1, 0.15) is 18.7 Å². The lowest BCUT2D eigenvalue weighted by Gasteiger charge is -2.24. The van der Waals surface area contributed by atoms with E-state index in [1.54, 1.807) is 19.1 Å². The third-order valence-corrected chi connectivity index (χ3v) is 4.78. The van der Waals surface area contributed by atoms with Crippen LogP contribution in [0.3, 0.4) is 0 Å². The lowest BCUT2D eigenvalue weighted by atomic mass is 10.1. The number of esters is 2. The molecule has 2 heterocycles. The van der Waals surface area contributed by atoms with Crippen molar-refractivity contribution in [1.82, 2.24) is 4.98 Å². The van der Waals surface area contributed by atoms with Gasteiger partial charge in [0.15, 0.2) is 0 Å². The first-order valence-electron chi connectivity index (χ1n) is 9.48. The summed E-state index contributed by atoms with van der Waals surface area (Å²) in [4.78, 5) is 30.3. The van der Waals surface area contributed by atoms with Gasteiger partial charge in [-0.15, -0.1) is 0 Å². The summed E-state index contributed by atoms with van der Waals surface area (Å²) < 4.78 is 15.4. The number of carbonyl (C=O) groups is 2. The maximum atomic E-state index is 12.4. The molecule has 0 radical (unpaired) electrons. The molecule has 0 spiro atoms. The van der Waals surface area contributed by atoms with E-state index in [2.05, 4.69) is 10.3 Å². The fourth-order valence-electron chi connectivity index (χ4n) is 3.33. The minimum absolute atomic E-state index is 0.274. The van der Waals surface area contributed by atoms with Crippen molar-refractivity contribution in [3.8, 4) is 0 Å². The van der Waals surface area contributed by atoms with Gasteiger partial charge in [-0.1, -0.05) is 12.1 Å². The molecule has 150 valence electrons. The fraction of sp³-hybridized carbons (Fsp3) is 0.450. The number of ether oxygens (including phenoxy) is 3. The Morgan fingerprint density at radius 2 is 2.00 bits per heavy atom. The van der Waals surface area contributed by atoms with Crippen LogP contribution in [0.1, 0.15) is 27.6 Å². The quantitative estimate of drug-likeness (QED) is 0.669. The molecule has 3 rings (SSSR count). The van der Waals surface area contributed by atoms with Crippen LogP contribution in [0.2, 0.25) is 0 Å². The minimum Gasteiger partial charge on any atom is -0.465 e. The van der Waals surface area contributed by atoms with Gasteiger partial charge in [0, 0.05) is 11.6 Å². The molecule has 2 aromatic rings. The topological polar surface area (TPSA) is 91.2 Å². The molecule has 8 nitrogen and oxygen atoms in total. The number of quaternary nitrogens is 1. The lowest BCUT2D eigenvalue weighted by molar-refractivity contribution is -0.906. The Morgan fingerprint density at radius 3 is 2.71 bits per heavy atom. The average molecular weight is 388 g/mol. The molecule has 28 heavy (non-hydrogen) atoms. The smallest absolute Gasteiger partial charge is 0.341 e. The number of para-hydroxylation sites is 1. The Labute approximate surface area is 163 Å². The second kappa shape index (κ2) is 9.48. The van der Waals surface area contributed by atoms with Crippen LogP contribution >= 0.6 is 0 Å². The Morgan fingerprint density at radius 1 is 1.21 bits per heavy atom. The number of nitrogens with zero attached hydrogens (tertiary/aromatic N) is 1. The molecule has 1 aromatic heterocycles. The van der Waals surface area contributed by atoms with Crippen LogP contribution in [-0.4, -0.2) is 70.0 Å². The summed E-state index contributed by atoms with van der Waals surface area (Å²) in [5.41, 5.74) is 1.83. The molecular weight excluding hydrogens is 362 g/mol. The second-order valence-electron chi connectivity index (χ2n) is 6.50. The van der Waals surface area contributed by atoms with Crippen molar-refractivity contribution in [1.29, 1.82) is 0 Å². The van der Waals surface area contributed by atoms with Crippen LogP contribution in [0.15, 0.2) is 24.4 Å². The number of pyridine rings is 1.